The second kappa shape index (κ2) is 14.2. The van der Waals surface area contributed by atoms with Crippen LogP contribution in [0, 0.1) is 10.4 Å². The number of benzene rings is 2. The third kappa shape index (κ3) is 5.52. The van der Waals surface area contributed by atoms with E-state index in [2.05, 4.69) is 46.8 Å². The molecule has 4 rings (SSSR count). The minimum atomic E-state index is 0. The largest absolute Gasteiger partial charge is 0.0917 e. The Balaban J connectivity index is -0.000000150. The first-order chi connectivity index (χ1) is 7.93. The molecule has 0 nitrogen and oxygen atoms in total. The van der Waals surface area contributed by atoms with Crippen LogP contribution in [0.15, 0.2) is 34.1 Å². The van der Waals surface area contributed by atoms with E-state index >= 15 is 0 Å². The van der Waals surface area contributed by atoms with Crippen LogP contribution in [-0.4, -0.2) is 47.8 Å². The molecule has 0 spiro atoms. The maximum atomic E-state index is 3.21. The Hall–Kier alpha value is 0.0374. The Morgan fingerprint density at radius 2 is 0.875 bits per heavy atom. The molecule has 2 aliphatic heterocycles. The van der Waals surface area contributed by atoms with E-state index < -0.39 is 0 Å². The summed E-state index contributed by atoms with van der Waals surface area (Å²) in [7, 11) is 0. The molecule has 8 radical (unpaired) electrons. The maximum Gasteiger partial charge on any atom is 0.0512 e. The van der Waals surface area contributed by atoms with E-state index in [1.54, 1.807) is 22.3 Å². The molecule has 24 heavy (non-hydrogen) atoms. The van der Waals surface area contributed by atoms with Crippen LogP contribution in [0.1, 0.15) is 44.6 Å². The summed E-state index contributed by atoms with van der Waals surface area (Å²) >= 11 is 3.39. The second-order valence-corrected chi connectivity index (χ2v) is 5.49. The van der Waals surface area contributed by atoms with Gasteiger partial charge < -0.3 is 0 Å². The summed E-state index contributed by atoms with van der Waals surface area (Å²) in [6.07, 6.45) is 4.12. The molecule has 2 aromatic carbocycles. The first kappa shape index (κ1) is 35.2. The van der Waals surface area contributed by atoms with Crippen molar-refractivity contribution in [2.24, 2.45) is 0 Å². The van der Waals surface area contributed by atoms with Gasteiger partial charge in [0.2, 0.25) is 0 Å². The molecule has 0 aliphatic carbocycles. The maximum absolute atomic E-state index is 3.21. The van der Waals surface area contributed by atoms with Crippen LogP contribution in [0.4, 0.5) is 0 Å². The monoisotopic (exact) mass is 574 g/mol. The predicted octanol–water partition coefficient (Wildman–Crippen LogP) is 5.59. The molecule has 0 fully saturated rings. The van der Waals surface area contributed by atoms with E-state index in [0.717, 1.165) is 0 Å². The van der Waals surface area contributed by atoms with Crippen LogP contribution in [0.5, 0.6) is 0 Å². The molecule has 2 aliphatic rings. The van der Waals surface area contributed by atoms with Gasteiger partial charge in [-0.15, -0.1) is 0 Å². The molecule has 2 aromatic rings. The van der Waals surface area contributed by atoms with Gasteiger partial charge in [0.25, 0.3) is 0 Å². The Labute approximate surface area is 190 Å². The molecule has 0 aromatic heterocycles. The molecule has 4 heteroatoms. The minimum absolute atomic E-state index is 0. The van der Waals surface area contributed by atoms with Gasteiger partial charge in [-0.1, -0.05) is 102 Å². The van der Waals surface area contributed by atoms with Crippen molar-refractivity contribution < 1.29 is 0 Å². The standard InChI is InChI=1S/C14H6S2.6CH4.2Sn/c1-3-11-12(13-9(1)5-7-15-13)4-2-10-6-8-16-14(10)11;;;;;;;;/h1-6H;6*1H4;;. The minimum Gasteiger partial charge on any atom is -0.0917 e. The van der Waals surface area contributed by atoms with E-state index in [-0.39, 0.29) is 92.4 Å². The van der Waals surface area contributed by atoms with Gasteiger partial charge in [0, 0.05) is 69.0 Å². The van der Waals surface area contributed by atoms with Crippen molar-refractivity contribution in [3.05, 3.63) is 34.7 Å². The Morgan fingerprint density at radius 3 is 1.21 bits per heavy atom. The fraction of sp³-hybridized carbons (Fsp3) is 0.300. The van der Waals surface area contributed by atoms with Crippen molar-refractivity contribution in [3.63, 3.8) is 0 Å². The van der Waals surface area contributed by atoms with Gasteiger partial charge in [0.1, 0.15) is 0 Å². The number of rotatable bonds is 0. The zero-order valence-corrected chi connectivity index (χ0v) is 16.6. The topological polar surface area (TPSA) is 0 Å². The van der Waals surface area contributed by atoms with Crippen molar-refractivity contribution in [3.8, 4) is 10.4 Å². The van der Waals surface area contributed by atoms with Gasteiger partial charge in [0.05, 0.1) is 9.79 Å². The van der Waals surface area contributed by atoms with Crippen molar-refractivity contribution >= 4 is 93.1 Å². The van der Waals surface area contributed by atoms with Crippen molar-refractivity contribution in [1.82, 2.24) is 0 Å². The molecule has 0 saturated carbocycles. The van der Waals surface area contributed by atoms with E-state index in [9.17, 15) is 0 Å². The van der Waals surface area contributed by atoms with E-state index in [1.807, 2.05) is 0 Å². The summed E-state index contributed by atoms with van der Waals surface area (Å²) in [5.74, 6) is 0. The molecule has 0 saturated heterocycles. The molecule has 2 heterocycles. The van der Waals surface area contributed by atoms with Crippen LogP contribution in [-0.2, 0) is 0 Å². The molecule has 130 valence electrons. The van der Waals surface area contributed by atoms with Crippen molar-refractivity contribution in [2.45, 2.75) is 54.4 Å². The van der Waals surface area contributed by atoms with Gasteiger partial charge in [-0.25, -0.2) is 0 Å². The molecule has 0 bridgehead atoms. The molecule has 0 N–H and O–H groups in total. The summed E-state index contributed by atoms with van der Waals surface area (Å²) in [6, 6.07) is 8.80. The van der Waals surface area contributed by atoms with Crippen molar-refractivity contribution in [2.75, 3.05) is 0 Å². The Kier molecular flexibility index (Phi) is 20.9. The molecule has 0 amide bonds. The van der Waals surface area contributed by atoms with Crippen LogP contribution >= 0.6 is 22.3 Å². The zero-order valence-electron chi connectivity index (χ0n) is 9.28. The number of hydrogen-bond acceptors (Lipinski definition) is 0. The molecular formula is C20H30S2Sn2. The number of fused-ring (bicyclic) bond motifs is 5. The number of hydrogen-bond donors (Lipinski definition) is 0. The van der Waals surface area contributed by atoms with Gasteiger partial charge in [-0.2, -0.15) is 0 Å². The fourth-order valence-electron chi connectivity index (χ4n) is 2.14. The molecular weight excluding hydrogens is 542 g/mol. The summed E-state index contributed by atoms with van der Waals surface area (Å²) in [5.41, 5.74) is 0. The van der Waals surface area contributed by atoms with Crippen LogP contribution < -0.4 is 10.4 Å². The summed E-state index contributed by atoms with van der Waals surface area (Å²) in [6.45, 7) is 0. The average molecular weight is 572 g/mol. The summed E-state index contributed by atoms with van der Waals surface area (Å²) < 4.78 is 0. The van der Waals surface area contributed by atoms with Gasteiger partial charge in [-0.3, -0.25) is 0 Å². The SMILES string of the molecule is C.C.C.C.C.C.C1#Sc2c(ccc3c4c(ccc23)=CC#S4)=C1.[Sn].[Sn]. The van der Waals surface area contributed by atoms with E-state index in [0.29, 0.717) is 0 Å². The van der Waals surface area contributed by atoms with Crippen LogP contribution in [0.25, 0.3) is 22.9 Å². The van der Waals surface area contributed by atoms with E-state index in [1.165, 1.54) is 31.0 Å². The van der Waals surface area contributed by atoms with E-state index in [4.69, 9.17) is 0 Å². The van der Waals surface area contributed by atoms with Crippen molar-refractivity contribution in [1.29, 1.82) is 0 Å². The first-order valence-electron chi connectivity index (χ1n) is 5.04. The van der Waals surface area contributed by atoms with Gasteiger partial charge in [0.15, 0.2) is 0 Å². The third-order valence-corrected chi connectivity index (χ3v) is 4.70. The van der Waals surface area contributed by atoms with Gasteiger partial charge >= 0.3 is 0 Å². The zero-order chi connectivity index (χ0) is 10.5. The third-order valence-electron chi connectivity index (χ3n) is 2.91. The molecule has 0 atom stereocenters. The smallest absolute Gasteiger partial charge is 0.0512 e. The van der Waals surface area contributed by atoms with Gasteiger partial charge in [-0.05, 0) is 12.2 Å². The first-order valence-corrected chi connectivity index (χ1v) is 6.68. The summed E-state index contributed by atoms with van der Waals surface area (Å²) in [5, 5.41) is 11.7. The Bertz CT molecular complexity index is 831. The van der Waals surface area contributed by atoms with Crippen LogP contribution in [0.3, 0.4) is 0 Å². The normalized spacial score (nSPS) is 9.17. The molecule has 0 unspecified atom stereocenters. The second-order valence-electron chi connectivity index (χ2n) is 3.79. The quantitative estimate of drug-likeness (QED) is 0.362. The van der Waals surface area contributed by atoms with Crippen LogP contribution in [0.2, 0.25) is 0 Å². The Morgan fingerprint density at radius 1 is 0.542 bits per heavy atom. The predicted molar refractivity (Wildman–Crippen MR) is 124 cm³/mol. The fourth-order valence-corrected chi connectivity index (χ4v) is 3.82. The average Bonchev–Trinajstić information content (AvgIpc) is 2.96. The summed E-state index contributed by atoms with van der Waals surface area (Å²) in [4.78, 5) is 2.68.